The second-order valence-electron chi connectivity index (χ2n) is 5.21. The number of piperidine rings is 1. The number of ether oxygens (including phenoxy) is 1. The molecule has 2 rings (SSSR count). The van der Waals surface area contributed by atoms with Crippen LogP contribution in [0.3, 0.4) is 0 Å². The first-order valence-electron chi connectivity index (χ1n) is 6.94. The zero-order valence-electron chi connectivity index (χ0n) is 11.6. The van der Waals surface area contributed by atoms with Gasteiger partial charge in [0.25, 0.3) is 0 Å². The van der Waals surface area contributed by atoms with Gasteiger partial charge in [0.15, 0.2) is 0 Å². The van der Waals surface area contributed by atoms with Gasteiger partial charge in [-0.15, -0.1) is 0 Å². The molecule has 0 bridgehead atoms. The van der Waals surface area contributed by atoms with E-state index in [-0.39, 0.29) is 5.56 Å². The highest BCUT2D eigenvalue weighted by atomic mass is 79.9. The Labute approximate surface area is 127 Å². The minimum atomic E-state index is -0.950. The molecule has 1 aliphatic heterocycles. The van der Waals surface area contributed by atoms with Crippen molar-refractivity contribution in [3.05, 3.63) is 28.2 Å². The highest BCUT2D eigenvalue weighted by Gasteiger charge is 2.18. The van der Waals surface area contributed by atoms with Crippen molar-refractivity contribution in [3.8, 4) is 5.75 Å². The Morgan fingerprint density at radius 3 is 3.00 bits per heavy atom. The van der Waals surface area contributed by atoms with Gasteiger partial charge in [-0.2, -0.15) is 0 Å². The third-order valence-corrected chi connectivity index (χ3v) is 4.50. The average molecular weight is 342 g/mol. The minimum Gasteiger partial charge on any atom is -0.494 e. The Morgan fingerprint density at radius 2 is 2.30 bits per heavy atom. The summed E-state index contributed by atoms with van der Waals surface area (Å²) in [6.45, 7) is 1.78. The van der Waals surface area contributed by atoms with Crippen molar-refractivity contribution >= 4 is 21.9 Å². The fraction of sp³-hybridized carbons (Fsp3) is 0.533. The molecule has 5 heteroatoms. The van der Waals surface area contributed by atoms with Gasteiger partial charge in [0, 0.05) is 10.5 Å². The molecule has 1 aromatic carbocycles. The van der Waals surface area contributed by atoms with E-state index >= 15 is 0 Å². The van der Waals surface area contributed by atoms with E-state index in [1.807, 2.05) is 0 Å². The molecule has 4 nitrogen and oxygen atoms in total. The van der Waals surface area contributed by atoms with Crippen LogP contribution in [-0.4, -0.2) is 42.2 Å². The lowest BCUT2D eigenvalue weighted by Gasteiger charge is -2.32. The van der Waals surface area contributed by atoms with E-state index in [0.29, 0.717) is 22.9 Å². The Morgan fingerprint density at radius 1 is 1.50 bits per heavy atom. The van der Waals surface area contributed by atoms with Crippen molar-refractivity contribution in [2.75, 3.05) is 20.2 Å². The van der Waals surface area contributed by atoms with Gasteiger partial charge in [0.1, 0.15) is 5.75 Å². The maximum Gasteiger partial charge on any atom is 0.336 e. The summed E-state index contributed by atoms with van der Waals surface area (Å²) >= 11 is 3.23. The van der Waals surface area contributed by atoms with Crippen LogP contribution in [0.25, 0.3) is 0 Å². The van der Waals surface area contributed by atoms with E-state index in [2.05, 4.69) is 27.9 Å². The molecule has 110 valence electrons. The van der Waals surface area contributed by atoms with Crippen LogP contribution in [0.5, 0.6) is 5.75 Å². The lowest BCUT2D eigenvalue weighted by molar-refractivity contribution is 0.0695. The van der Waals surface area contributed by atoms with E-state index in [1.54, 1.807) is 18.2 Å². The third-order valence-electron chi connectivity index (χ3n) is 3.81. The van der Waals surface area contributed by atoms with Gasteiger partial charge in [0.05, 0.1) is 12.2 Å². The molecule has 0 aliphatic carbocycles. The number of rotatable bonds is 5. The Bertz CT molecular complexity index is 478. The zero-order valence-corrected chi connectivity index (χ0v) is 13.2. The lowest BCUT2D eigenvalue weighted by atomic mass is 10.0. The summed E-state index contributed by atoms with van der Waals surface area (Å²) in [5.41, 5.74) is 0.234. The number of carboxylic acids is 1. The number of carbonyl (C=O) groups is 1. The summed E-state index contributed by atoms with van der Waals surface area (Å²) in [4.78, 5) is 13.4. The van der Waals surface area contributed by atoms with Gasteiger partial charge in [-0.05, 0) is 67.0 Å². The van der Waals surface area contributed by atoms with Crippen molar-refractivity contribution in [2.45, 2.75) is 31.7 Å². The van der Waals surface area contributed by atoms with Crippen LogP contribution < -0.4 is 4.74 Å². The summed E-state index contributed by atoms with van der Waals surface area (Å²) in [5, 5.41) is 9.06. The molecule has 20 heavy (non-hydrogen) atoms. The Kier molecular flexibility index (Phi) is 5.43. The molecule has 1 fully saturated rings. The lowest BCUT2D eigenvalue weighted by Crippen LogP contribution is -2.37. The van der Waals surface area contributed by atoms with Crippen molar-refractivity contribution in [3.63, 3.8) is 0 Å². The molecule has 1 N–H and O–H groups in total. The van der Waals surface area contributed by atoms with Crippen molar-refractivity contribution in [1.29, 1.82) is 0 Å². The number of hydrogen-bond donors (Lipinski definition) is 1. The fourth-order valence-corrected chi connectivity index (χ4v) is 3.00. The first-order chi connectivity index (χ1) is 9.58. The number of carboxylic acid groups (broad SMARTS) is 1. The molecule has 0 aromatic heterocycles. The molecule has 1 aliphatic rings. The highest BCUT2D eigenvalue weighted by molar-refractivity contribution is 9.10. The van der Waals surface area contributed by atoms with Gasteiger partial charge in [-0.1, -0.05) is 6.42 Å². The SMILES string of the molecule is CN1CCCCC1CCOc1ccc(Br)c(C(=O)O)c1. The Balaban J connectivity index is 1.87. The monoisotopic (exact) mass is 341 g/mol. The molecule has 0 saturated carbocycles. The topological polar surface area (TPSA) is 49.8 Å². The summed E-state index contributed by atoms with van der Waals surface area (Å²) in [6.07, 6.45) is 4.77. The molecule has 1 saturated heterocycles. The van der Waals surface area contributed by atoms with Gasteiger partial charge in [-0.3, -0.25) is 0 Å². The van der Waals surface area contributed by atoms with Crippen LogP contribution in [0.1, 0.15) is 36.0 Å². The zero-order chi connectivity index (χ0) is 14.5. The first kappa shape index (κ1) is 15.3. The minimum absolute atomic E-state index is 0.234. The second-order valence-corrected chi connectivity index (χ2v) is 6.07. The summed E-state index contributed by atoms with van der Waals surface area (Å²) in [5.74, 6) is -0.335. The number of benzene rings is 1. The number of halogens is 1. The normalized spacial score (nSPS) is 19.8. The number of likely N-dealkylation sites (tertiary alicyclic amines) is 1. The fourth-order valence-electron chi connectivity index (χ4n) is 2.58. The number of hydrogen-bond acceptors (Lipinski definition) is 3. The third kappa shape index (κ3) is 3.96. The van der Waals surface area contributed by atoms with Gasteiger partial charge in [-0.25, -0.2) is 4.79 Å². The maximum atomic E-state index is 11.0. The van der Waals surface area contributed by atoms with Crippen LogP contribution in [0.4, 0.5) is 0 Å². The van der Waals surface area contributed by atoms with Crippen LogP contribution in [0, 0.1) is 0 Å². The molecule has 1 heterocycles. The van der Waals surface area contributed by atoms with Gasteiger partial charge in [0.2, 0.25) is 0 Å². The molecule has 1 unspecified atom stereocenters. The second kappa shape index (κ2) is 7.09. The predicted molar refractivity (Wildman–Crippen MR) is 81.5 cm³/mol. The molecular formula is C15H20BrNO3. The van der Waals surface area contributed by atoms with Crippen molar-refractivity contribution in [1.82, 2.24) is 4.90 Å². The molecule has 1 atom stereocenters. The maximum absolute atomic E-state index is 11.0. The van der Waals surface area contributed by atoms with Crippen LogP contribution >= 0.6 is 15.9 Å². The van der Waals surface area contributed by atoms with E-state index in [0.717, 1.165) is 13.0 Å². The van der Waals surface area contributed by atoms with Gasteiger partial charge >= 0.3 is 5.97 Å². The van der Waals surface area contributed by atoms with Crippen LogP contribution in [0.15, 0.2) is 22.7 Å². The smallest absolute Gasteiger partial charge is 0.336 e. The standard InChI is InChI=1S/C15H20BrNO3/c1-17-8-3-2-4-11(17)7-9-20-12-5-6-14(16)13(10-12)15(18)19/h5-6,10-11H,2-4,7-9H2,1H3,(H,18,19). The van der Waals surface area contributed by atoms with Crippen LogP contribution in [-0.2, 0) is 0 Å². The largest absolute Gasteiger partial charge is 0.494 e. The molecule has 0 amide bonds. The van der Waals surface area contributed by atoms with Crippen molar-refractivity contribution < 1.29 is 14.6 Å². The van der Waals surface area contributed by atoms with Crippen LogP contribution in [0.2, 0.25) is 0 Å². The molecule has 1 aromatic rings. The average Bonchev–Trinajstić information content (AvgIpc) is 2.42. The summed E-state index contributed by atoms with van der Waals surface area (Å²) in [6, 6.07) is 5.65. The van der Waals surface area contributed by atoms with E-state index in [4.69, 9.17) is 9.84 Å². The number of aromatic carboxylic acids is 1. The first-order valence-corrected chi connectivity index (χ1v) is 7.73. The molecular weight excluding hydrogens is 322 g/mol. The summed E-state index contributed by atoms with van der Waals surface area (Å²) in [7, 11) is 2.16. The van der Waals surface area contributed by atoms with E-state index in [1.165, 1.54) is 19.3 Å². The number of nitrogens with zero attached hydrogens (tertiary/aromatic N) is 1. The quantitative estimate of drug-likeness (QED) is 0.891. The van der Waals surface area contributed by atoms with E-state index in [9.17, 15) is 4.79 Å². The Hall–Kier alpha value is -1.07. The van der Waals surface area contributed by atoms with Crippen molar-refractivity contribution in [2.24, 2.45) is 0 Å². The predicted octanol–water partition coefficient (Wildman–Crippen LogP) is 3.40. The molecule has 0 spiro atoms. The highest BCUT2D eigenvalue weighted by Crippen LogP contribution is 2.23. The van der Waals surface area contributed by atoms with Gasteiger partial charge < -0.3 is 14.7 Å². The summed E-state index contributed by atoms with van der Waals surface area (Å²) < 4.78 is 6.27. The van der Waals surface area contributed by atoms with E-state index < -0.39 is 5.97 Å². The molecule has 0 radical (unpaired) electrons.